The van der Waals surface area contributed by atoms with Gasteiger partial charge in [0.15, 0.2) is 11.5 Å². The molecular formula is C24H28N2O6. The van der Waals surface area contributed by atoms with Crippen LogP contribution < -0.4 is 14.8 Å². The van der Waals surface area contributed by atoms with E-state index in [0.717, 1.165) is 5.56 Å². The van der Waals surface area contributed by atoms with E-state index in [1.54, 1.807) is 25.1 Å². The molecule has 3 rings (SSSR count). The van der Waals surface area contributed by atoms with Crippen molar-refractivity contribution in [2.24, 2.45) is 0 Å². The van der Waals surface area contributed by atoms with E-state index in [2.05, 4.69) is 5.32 Å². The number of hydrogen-bond acceptors (Lipinski definition) is 6. The zero-order chi connectivity index (χ0) is 23.1. The fraction of sp³-hybridized carbons (Fsp3) is 0.333. The Kier molecular flexibility index (Phi) is 7.72. The molecular weight excluding hydrogens is 412 g/mol. The Labute approximate surface area is 187 Å². The van der Waals surface area contributed by atoms with Gasteiger partial charge >= 0.3 is 12.0 Å². The first-order chi connectivity index (χ1) is 15.5. The van der Waals surface area contributed by atoms with Crippen LogP contribution in [0.3, 0.4) is 0 Å². The first kappa shape index (κ1) is 23.1. The van der Waals surface area contributed by atoms with Crippen molar-refractivity contribution < 1.29 is 28.5 Å². The summed E-state index contributed by atoms with van der Waals surface area (Å²) >= 11 is 0. The van der Waals surface area contributed by atoms with Gasteiger partial charge in [-0.05, 0) is 18.6 Å². The van der Waals surface area contributed by atoms with Crippen LogP contribution in [0.1, 0.15) is 24.1 Å². The van der Waals surface area contributed by atoms with Crippen molar-refractivity contribution in [3.05, 3.63) is 70.9 Å². The second kappa shape index (κ2) is 10.7. The van der Waals surface area contributed by atoms with Crippen LogP contribution in [-0.4, -0.2) is 51.4 Å². The van der Waals surface area contributed by atoms with Gasteiger partial charge in [0.25, 0.3) is 0 Å². The smallest absolute Gasteiger partial charge is 0.338 e. The Morgan fingerprint density at radius 3 is 2.41 bits per heavy atom. The molecule has 2 aromatic carbocycles. The molecule has 2 amide bonds. The van der Waals surface area contributed by atoms with Gasteiger partial charge in [0.05, 0.1) is 39.0 Å². The number of nitrogens with one attached hydrogen (secondary N) is 1. The topological polar surface area (TPSA) is 86.3 Å². The molecule has 0 fully saturated rings. The number of benzene rings is 2. The number of urea groups is 1. The molecule has 1 aliphatic heterocycles. The van der Waals surface area contributed by atoms with E-state index in [1.165, 1.54) is 26.2 Å². The first-order valence-electron chi connectivity index (χ1n) is 10.2. The lowest BCUT2D eigenvalue weighted by Crippen LogP contribution is -2.47. The maximum Gasteiger partial charge on any atom is 0.338 e. The van der Waals surface area contributed by atoms with E-state index in [9.17, 15) is 9.59 Å². The summed E-state index contributed by atoms with van der Waals surface area (Å²) in [5.41, 5.74) is 2.36. The normalized spacial score (nSPS) is 15.9. The second-order valence-electron chi connectivity index (χ2n) is 7.16. The van der Waals surface area contributed by atoms with Crippen LogP contribution in [-0.2, 0) is 20.8 Å². The fourth-order valence-corrected chi connectivity index (χ4v) is 3.67. The van der Waals surface area contributed by atoms with Gasteiger partial charge in [-0.15, -0.1) is 0 Å². The van der Waals surface area contributed by atoms with Gasteiger partial charge in [-0.3, -0.25) is 4.90 Å². The van der Waals surface area contributed by atoms with Gasteiger partial charge in [0.2, 0.25) is 0 Å². The van der Waals surface area contributed by atoms with Gasteiger partial charge in [0, 0.05) is 18.4 Å². The molecule has 0 aromatic heterocycles. The predicted octanol–water partition coefficient (Wildman–Crippen LogP) is 3.43. The van der Waals surface area contributed by atoms with Gasteiger partial charge < -0.3 is 24.3 Å². The maximum atomic E-state index is 13.1. The Balaban J connectivity index is 2.07. The summed E-state index contributed by atoms with van der Waals surface area (Å²) in [6.07, 6.45) is 0. The lowest BCUT2D eigenvalue weighted by Gasteiger charge is -2.36. The molecule has 0 unspecified atom stereocenters. The molecule has 0 radical (unpaired) electrons. The molecule has 32 heavy (non-hydrogen) atoms. The highest BCUT2D eigenvalue weighted by Gasteiger charge is 2.38. The summed E-state index contributed by atoms with van der Waals surface area (Å²) in [4.78, 5) is 27.8. The summed E-state index contributed by atoms with van der Waals surface area (Å²) in [6, 6.07) is 13.8. The van der Waals surface area contributed by atoms with E-state index >= 15 is 0 Å². The van der Waals surface area contributed by atoms with E-state index in [-0.39, 0.29) is 19.2 Å². The summed E-state index contributed by atoms with van der Waals surface area (Å²) in [7, 11) is 4.58. The largest absolute Gasteiger partial charge is 0.493 e. The molecule has 0 bridgehead atoms. The third kappa shape index (κ3) is 4.86. The van der Waals surface area contributed by atoms with Gasteiger partial charge in [-0.2, -0.15) is 0 Å². The Hall–Kier alpha value is -3.52. The number of allylic oxidation sites excluding steroid dienone is 1. The lowest BCUT2D eigenvalue weighted by atomic mass is 9.93. The molecule has 0 saturated heterocycles. The number of carbonyl (C=O) groups excluding carboxylic acids is 2. The quantitative estimate of drug-likeness (QED) is 0.475. The predicted molar refractivity (Wildman–Crippen MR) is 118 cm³/mol. The van der Waals surface area contributed by atoms with Crippen LogP contribution in [0.4, 0.5) is 4.79 Å². The highest BCUT2D eigenvalue weighted by molar-refractivity contribution is 5.95. The Morgan fingerprint density at radius 1 is 1.00 bits per heavy atom. The van der Waals surface area contributed by atoms with E-state index < -0.39 is 12.0 Å². The van der Waals surface area contributed by atoms with Crippen molar-refractivity contribution in [3.8, 4) is 11.5 Å². The molecule has 0 aliphatic carbocycles. The zero-order valence-electron chi connectivity index (χ0n) is 18.7. The van der Waals surface area contributed by atoms with E-state index in [1.807, 2.05) is 30.3 Å². The van der Waals surface area contributed by atoms with E-state index in [0.29, 0.717) is 34.9 Å². The number of methoxy groups -OCH3 is 3. The van der Waals surface area contributed by atoms with Crippen LogP contribution in [0.25, 0.3) is 0 Å². The van der Waals surface area contributed by atoms with Crippen molar-refractivity contribution in [3.63, 3.8) is 0 Å². The minimum atomic E-state index is -0.769. The number of amides is 2. The molecule has 0 spiro atoms. The molecule has 1 atom stereocenters. The monoisotopic (exact) mass is 440 g/mol. The maximum absolute atomic E-state index is 13.1. The minimum Gasteiger partial charge on any atom is -0.493 e. The molecule has 1 N–H and O–H groups in total. The van der Waals surface area contributed by atoms with Crippen LogP contribution in [0, 0.1) is 0 Å². The molecule has 0 saturated carbocycles. The first-order valence-corrected chi connectivity index (χ1v) is 10.2. The van der Waals surface area contributed by atoms with Gasteiger partial charge in [0.1, 0.15) is 6.61 Å². The van der Waals surface area contributed by atoms with Crippen molar-refractivity contribution in [1.82, 2.24) is 10.2 Å². The van der Waals surface area contributed by atoms with Crippen molar-refractivity contribution in [1.29, 1.82) is 0 Å². The summed E-state index contributed by atoms with van der Waals surface area (Å²) in [5, 5.41) is 2.94. The summed E-state index contributed by atoms with van der Waals surface area (Å²) in [6.45, 7) is 2.43. The van der Waals surface area contributed by atoms with Crippen LogP contribution in [0.5, 0.6) is 11.5 Å². The number of rotatable bonds is 9. The number of esters is 1. The third-order valence-electron chi connectivity index (χ3n) is 5.26. The van der Waals surface area contributed by atoms with Crippen molar-refractivity contribution in [2.75, 3.05) is 34.5 Å². The average Bonchev–Trinajstić information content (AvgIpc) is 2.81. The molecule has 2 aromatic rings. The molecule has 1 aliphatic rings. The summed E-state index contributed by atoms with van der Waals surface area (Å²) < 4.78 is 21.4. The number of ether oxygens (including phenoxy) is 4. The lowest BCUT2D eigenvalue weighted by molar-refractivity contribution is -0.140. The van der Waals surface area contributed by atoms with Crippen molar-refractivity contribution >= 4 is 12.0 Å². The zero-order valence-corrected chi connectivity index (χ0v) is 18.7. The Bertz CT molecular complexity index is 989. The number of nitrogens with zero attached hydrogens (tertiary/aromatic N) is 1. The van der Waals surface area contributed by atoms with Crippen LogP contribution >= 0.6 is 0 Å². The second-order valence-corrected chi connectivity index (χ2v) is 7.16. The average molecular weight is 440 g/mol. The minimum absolute atomic E-state index is 0.0979. The van der Waals surface area contributed by atoms with E-state index in [4.69, 9.17) is 18.9 Å². The number of carbonyl (C=O) groups is 2. The van der Waals surface area contributed by atoms with Crippen LogP contribution in [0.2, 0.25) is 0 Å². The number of para-hydroxylation sites is 1. The molecule has 8 nitrogen and oxygen atoms in total. The molecule has 170 valence electrons. The highest BCUT2D eigenvalue weighted by Crippen LogP contribution is 2.40. The molecule has 8 heteroatoms. The SMILES string of the molecule is COCCOC(=O)C1=C(C)N(Cc2ccccc2)C(=O)N[C@@H]1c1cccc(OC)c1OC. The van der Waals surface area contributed by atoms with Crippen molar-refractivity contribution in [2.45, 2.75) is 19.5 Å². The van der Waals surface area contributed by atoms with Crippen LogP contribution in [0.15, 0.2) is 59.8 Å². The fourth-order valence-electron chi connectivity index (χ4n) is 3.67. The standard InChI is InChI=1S/C24H28N2O6/c1-16-20(23(27)32-14-13-29-2)21(18-11-8-12-19(30-3)22(18)31-4)25-24(28)26(16)15-17-9-6-5-7-10-17/h5-12,21H,13-15H2,1-4H3,(H,25,28)/t21-/m1/s1. The number of hydrogen-bond donors (Lipinski definition) is 1. The van der Waals surface area contributed by atoms with Gasteiger partial charge in [-0.1, -0.05) is 42.5 Å². The molecule has 1 heterocycles. The third-order valence-corrected chi connectivity index (χ3v) is 5.26. The van der Waals surface area contributed by atoms with Gasteiger partial charge in [-0.25, -0.2) is 9.59 Å². The summed E-state index contributed by atoms with van der Waals surface area (Å²) in [5.74, 6) is 0.398. The highest BCUT2D eigenvalue weighted by atomic mass is 16.6. The Morgan fingerprint density at radius 2 is 1.75 bits per heavy atom.